The second kappa shape index (κ2) is 11.9. The number of hydrogen-bond donors (Lipinski definition) is 1. The Morgan fingerprint density at radius 2 is 1.49 bits per heavy atom. The fraction of sp³-hybridized carbons (Fsp3) is 0.240. The van der Waals surface area contributed by atoms with Crippen LogP contribution in [0.2, 0.25) is 5.02 Å². The maximum atomic E-state index is 13.0. The smallest absolute Gasteiger partial charge is 0.338 e. The summed E-state index contributed by atoms with van der Waals surface area (Å²) in [6.07, 6.45) is 2.88. The summed E-state index contributed by atoms with van der Waals surface area (Å²) in [5.74, 6) is -3.82. The number of benzene rings is 1. The van der Waals surface area contributed by atoms with Gasteiger partial charge in [-0.2, -0.15) is 5.26 Å². The third kappa shape index (κ3) is 5.65. The number of hydrogen-bond acceptors (Lipinski definition) is 11. The van der Waals surface area contributed by atoms with Crippen LogP contribution in [0.3, 0.4) is 0 Å². The molecule has 0 fully saturated rings. The maximum Gasteiger partial charge on any atom is 0.338 e. The van der Waals surface area contributed by atoms with Crippen molar-refractivity contribution in [2.45, 2.75) is 12.5 Å². The quantitative estimate of drug-likeness (QED) is 0.313. The Kier molecular flexibility index (Phi) is 9.24. The van der Waals surface area contributed by atoms with Gasteiger partial charge >= 0.3 is 23.9 Å². The minimum Gasteiger partial charge on any atom is -0.466 e. The minimum atomic E-state index is -1.74. The number of esters is 4. The van der Waals surface area contributed by atoms with Gasteiger partial charge in [0, 0.05) is 28.4 Å². The Bertz CT molecular complexity index is 1290. The van der Waals surface area contributed by atoms with E-state index in [0.29, 0.717) is 10.7 Å². The number of nitrogens with two attached hydrogens (primary N) is 1. The third-order valence-electron chi connectivity index (χ3n) is 5.52. The van der Waals surface area contributed by atoms with E-state index in [2.05, 4.69) is 4.74 Å². The predicted molar refractivity (Wildman–Crippen MR) is 131 cm³/mol. The Hall–Kier alpha value is -4.56. The highest BCUT2D eigenvalue weighted by Gasteiger charge is 2.52. The topological polar surface area (TPSA) is 158 Å². The number of methoxy groups -OCH3 is 4. The number of halogens is 1. The Balaban J connectivity index is 3.07. The molecule has 0 radical (unpaired) electrons. The molecule has 1 aromatic rings. The van der Waals surface area contributed by atoms with Crippen LogP contribution in [0.25, 0.3) is 0 Å². The molecule has 0 saturated heterocycles. The van der Waals surface area contributed by atoms with Crippen LogP contribution >= 0.6 is 11.6 Å². The predicted octanol–water partition coefficient (Wildman–Crippen LogP) is 2.08. The molecule has 1 atom stereocenters. The van der Waals surface area contributed by atoms with Gasteiger partial charge in [-0.3, -0.25) is 0 Å². The molecule has 11 nitrogen and oxygen atoms in total. The zero-order valence-corrected chi connectivity index (χ0v) is 21.4. The lowest BCUT2D eigenvalue weighted by Crippen LogP contribution is -2.49. The van der Waals surface area contributed by atoms with E-state index in [4.69, 9.17) is 31.5 Å². The molecule has 0 saturated carbocycles. The molecule has 1 aliphatic rings. The monoisotopic (exact) mass is 529 g/mol. The zero-order valence-electron chi connectivity index (χ0n) is 20.7. The molecule has 1 aromatic carbocycles. The first-order chi connectivity index (χ1) is 17.5. The van der Waals surface area contributed by atoms with E-state index >= 15 is 0 Å². The number of anilines is 1. The van der Waals surface area contributed by atoms with Gasteiger partial charge in [-0.1, -0.05) is 11.6 Å². The average Bonchev–Trinajstić information content (AvgIpc) is 3.11. The van der Waals surface area contributed by atoms with Gasteiger partial charge in [-0.05, 0) is 37.3 Å². The molecule has 12 heteroatoms. The van der Waals surface area contributed by atoms with Crippen LogP contribution in [0.4, 0.5) is 5.69 Å². The van der Waals surface area contributed by atoms with E-state index < -0.39 is 29.4 Å². The highest BCUT2D eigenvalue weighted by molar-refractivity contribution is 6.30. The van der Waals surface area contributed by atoms with Crippen LogP contribution < -0.4 is 10.6 Å². The summed E-state index contributed by atoms with van der Waals surface area (Å²) in [5, 5.41) is 10.5. The van der Waals surface area contributed by atoms with Crippen molar-refractivity contribution in [1.82, 2.24) is 0 Å². The zero-order chi connectivity index (χ0) is 27.9. The van der Waals surface area contributed by atoms with Gasteiger partial charge in [0.05, 0.1) is 45.2 Å². The van der Waals surface area contributed by atoms with Crippen LogP contribution in [0.15, 0.2) is 70.6 Å². The molecule has 0 aliphatic carbocycles. The first kappa shape index (κ1) is 28.7. The molecule has 0 spiro atoms. The largest absolute Gasteiger partial charge is 0.466 e. The van der Waals surface area contributed by atoms with Crippen molar-refractivity contribution < 1.29 is 38.1 Å². The van der Waals surface area contributed by atoms with Crippen LogP contribution in [0, 0.1) is 11.3 Å². The van der Waals surface area contributed by atoms with Crippen molar-refractivity contribution in [3.63, 3.8) is 0 Å². The number of carbonyl (C=O) groups excluding carboxylic acids is 4. The van der Waals surface area contributed by atoms with Gasteiger partial charge in [-0.15, -0.1) is 0 Å². The van der Waals surface area contributed by atoms with E-state index in [9.17, 15) is 24.4 Å². The summed E-state index contributed by atoms with van der Waals surface area (Å²) in [5.41, 5.74) is 4.24. The molecule has 0 amide bonds. The molecule has 37 heavy (non-hydrogen) atoms. The molecule has 0 aromatic heterocycles. The Labute approximate surface area is 217 Å². The van der Waals surface area contributed by atoms with Crippen LogP contribution in [0.1, 0.15) is 6.92 Å². The first-order valence-electron chi connectivity index (χ1n) is 10.4. The van der Waals surface area contributed by atoms with Crippen LogP contribution in [0.5, 0.6) is 0 Å². The number of nitriles is 1. The van der Waals surface area contributed by atoms with E-state index in [1.54, 1.807) is 24.3 Å². The van der Waals surface area contributed by atoms with Gasteiger partial charge in [-0.25, -0.2) is 19.2 Å². The molecule has 194 valence electrons. The van der Waals surface area contributed by atoms with Crippen molar-refractivity contribution in [3.8, 4) is 6.07 Å². The van der Waals surface area contributed by atoms with Crippen LogP contribution in [-0.2, 0) is 38.1 Å². The minimum absolute atomic E-state index is 0.0245. The lowest BCUT2D eigenvalue weighted by Gasteiger charge is -2.39. The molecule has 0 bridgehead atoms. The van der Waals surface area contributed by atoms with Crippen molar-refractivity contribution in [2.24, 2.45) is 5.73 Å². The number of rotatable bonds is 7. The number of ether oxygens (including phenoxy) is 4. The second-order valence-electron chi connectivity index (χ2n) is 7.50. The fourth-order valence-electron chi connectivity index (χ4n) is 3.74. The third-order valence-corrected chi connectivity index (χ3v) is 5.78. The molecule has 2 rings (SSSR count). The van der Waals surface area contributed by atoms with Gasteiger partial charge in [0.1, 0.15) is 17.4 Å². The second-order valence-corrected chi connectivity index (χ2v) is 7.94. The highest BCUT2D eigenvalue weighted by atomic mass is 35.5. The summed E-state index contributed by atoms with van der Waals surface area (Å²) >= 11 is 6.04. The van der Waals surface area contributed by atoms with Crippen molar-refractivity contribution in [1.29, 1.82) is 5.26 Å². The van der Waals surface area contributed by atoms with Crippen LogP contribution in [-0.4, -0.2) is 57.9 Å². The normalized spacial score (nSPS) is 18.8. The summed E-state index contributed by atoms with van der Waals surface area (Å²) in [4.78, 5) is 51.3. The first-order valence-corrected chi connectivity index (χ1v) is 10.8. The molecule has 2 N–H and O–H groups in total. The van der Waals surface area contributed by atoms with E-state index in [0.717, 1.165) is 46.7 Å². The summed E-state index contributed by atoms with van der Waals surface area (Å²) in [6, 6.07) is 8.22. The molecule has 1 unspecified atom stereocenters. The fourth-order valence-corrected chi connectivity index (χ4v) is 3.87. The van der Waals surface area contributed by atoms with Crippen molar-refractivity contribution >= 4 is 41.2 Å². The highest BCUT2D eigenvalue weighted by Crippen LogP contribution is 2.48. The summed E-state index contributed by atoms with van der Waals surface area (Å²) < 4.78 is 19.0. The van der Waals surface area contributed by atoms with Gasteiger partial charge in [0.15, 0.2) is 0 Å². The SMILES string of the molecule is COC(=O)/C=C(/C=C1\C(C#N)=C(N)N(c2ccc(Cl)cc2)C1(C)/C(=C/C(=O)OC)C(=O)OC)C(=O)OC. The summed E-state index contributed by atoms with van der Waals surface area (Å²) in [7, 11) is 4.41. The number of nitrogens with zero attached hydrogens (tertiary/aromatic N) is 2. The molecule has 1 heterocycles. The van der Waals surface area contributed by atoms with Gasteiger partial charge in [0.25, 0.3) is 0 Å². The van der Waals surface area contributed by atoms with Crippen molar-refractivity contribution in [3.05, 3.63) is 75.6 Å². The molecular weight excluding hydrogens is 506 g/mol. The van der Waals surface area contributed by atoms with Crippen molar-refractivity contribution in [2.75, 3.05) is 33.3 Å². The average molecular weight is 530 g/mol. The van der Waals surface area contributed by atoms with E-state index in [1.807, 2.05) is 6.07 Å². The standard InChI is InChI=1S/C25H24ClN3O8/c1-25(19(24(33)37-5)12-21(31)35-3)18(10-14(23(32)36-4)11-20(30)34-2)17(13-27)22(28)29(25)16-8-6-15(26)7-9-16/h6-12H,28H2,1-5H3/b14-11-,18-10+,19-12+. The Morgan fingerprint density at radius 3 is 1.97 bits per heavy atom. The Morgan fingerprint density at radius 1 is 0.946 bits per heavy atom. The van der Waals surface area contributed by atoms with Gasteiger partial charge in [0.2, 0.25) is 0 Å². The van der Waals surface area contributed by atoms with E-state index in [-0.39, 0.29) is 28.1 Å². The lowest BCUT2D eigenvalue weighted by atomic mass is 9.80. The maximum absolute atomic E-state index is 13.0. The molecule has 1 aliphatic heterocycles. The number of carbonyl (C=O) groups is 4. The summed E-state index contributed by atoms with van der Waals surface area (Å²) in [6.45, 7) is 1.48. The van der Waals surface area contributed by atoms with E-state index in [1.165, 1.54) is 11.8 Å². The lowest BCUT2D eigenvalue weighted by molar-refractivity contribution is -0.139. The van der Waals surface area contributed by atoms with Gasteiger partial charge < -0.3 is 29.6 Å². The molecular formula is C25H24ClN3O8.